The molecule has 1 aromatic carbocycles. The van der Waals surface area contributed by atoms with Gasteiger partial charge in [-0.25, -0.2) is 9.48 Å². The third-order valence-electron chi connectivity index (χ3n) is 2.97. The fourth-order valence-electron chi connectivity index (χ4n) is 1.95. The van der Waals surface area contributed by atoms with Crippen LogP contribution in [0.4, 0.5) is 11.6 Å². The van der Waals surface area contributed by atoms with Crippen LogP contribution in [-0.2, 0) is 4.74 Å². The summed E-state index contributed by atoms with van der Waals surface area (Å²) in [6.07, 6.45) is 0. The zero-order chi connectivity index (χ0) is 15.4. The third-order valence-corrected chi connectivity index (χ3v) is 2.97. The first-order valence-electron chi connectivity index (χ1n) is 6.47. The Bertz CT molecular complexity index is 634. The van der Waals surface area contributed by atoms with Crippen LogP contribution in [0.15, 0.2) is 24.3 Å². The maximum Gasteiger partial charge on any atom is 0.345 e. The van der Waals surface area contributed by atoms with E-state index in [2.05, 4.69) is 10.4 Å². The normalized spacial score (nSPS) is 10.2. The first-order chi connectivity index (χ1) is 10.1. The van der Waals surface area contributed by atoms with Crippen molar-refractivity contribution in [3.8, 4) is 11.4 Å². The second kappa shape index (κ2) is 6.17. The first kappa shape index (κ1) is 14.7. The number of nitrogens with two attached hydrogens (primary N) is 1. The molecule has 21 heavy (non-hydrogen) atoms. The number of carbonyl (C=O) groups excluding carboxylic acids is 1. The third kappa shape index (κ3) is 2.76. The van der Waals surface area contributed by atoms with Crippen molar-refractivity contribution in [3.05, 3.63) is 29.8 Å². The van der Waals surface area contributed by atoms with Crippen LogP contribution in [0.25, 0.3) is 5.69 Å². The van der Waals surface area contributed by atoms with Crippen LogP contribution in [0.2, 0.25) is 0 Å². The van der Waals surface area contributed by atoms with E-state index in [1.165, 1.54) is 11.8 Å². The van der Waals surface area contributed by atoms with Crippen LogP contribution < -0.4 is 15.8 Å². The number of nitrogens with zero attached hydrogens (tertiary/aromatic N) is 2. The molecule has 0 amide bonds. The van der Waals surface area contributed by atoms with Gasteiger partial charge in [0, 0.05) is 6.54 Å². The minimum absolute atomic E-state index is 0.225. The number of hydrogen-bond donors (Lipinski definition) is 2. The van der Waals surface area contributed by atoms with Gasteiger partial charge >= 0.3 is 5.97 Å². The largest absolute Gasteiger partial charge is 0.497 e. The van der Waals surface area contributed by atoms with E-state index in [1.54, 1.807) is 31.4 Å². The molecule has 112 valence electrons. The van der Waals surface area contributed by atoms with E-state index in [-0.39, 0.29) is 11.4 Å². The fourth-order valence-corrected chi connectivity index (χ4v) is 1.95. The Morgan fingerprint density at radius 1 is 1.33 bits per heavy atom. The highest BCUT2D eigenvalue weighted by molar-refractivity contribution is 5.99. The molecule has 0 unspecified atom stereocenters. The van der Waals surface area contributed by atoms with Crippen molar-refractivity contribution in [3.63, 3.8) is 0 Å². The highest BCUT2D eigenvalue weighted by Gasteiger charge is 2.23. The molecule has 2 rings (SSSR count). The molecule has 3 N–H and O–H groups in total. The Hall–Kier alpha value is -2.70. The van der Waals surface area contributed by atoms with Gasteiger partial charge < -0.3 is 20.5 Å². The molecule has 2 aromatic rings. The van der Waals surface area contributed by atoms with Crippen molar-refractivity contribution in [2.75, 3.05) is 31.8 Å². The van der Waals surface area contributed by atoms with Gasteiger partial charge in [0.05, 0.1) is 19.9 Å². The first-order valence-corrected chi connectivity index (χ1v) is 6.47. The lowest BCUT2D eigenvalue weighted by Gasteiger charge is -2.05. The summed E-state index contributed by atoms with van der Waals surface area (Å²) in [5.74, 6) is 0.827. The van der Waals surface area contributed by atoms with Crippen molar-refractivity contribution >= 4 is 17.6 Å². The standard InChI is InChI=1S/C14H18N4O3/c1-4-16-13-11(14(19)21-3)12(15)18(17-13)9-5-7-10(20-2)8-6-9/h5-8H,4,15H2,1-3H3,(H,16,17). The van der Waals surface area contributed by atoms with Gasteiger partial charge in [-0.15, -0.1) is 5.10 Å². The smallest absolute Gasteiger partial charge is 0.345 e. The molecule has 0 saturated carbocycles. The SMILES string of the molecule is CCNc1nn(-c2ccc(OC)cc2)c(N)c1C(=O)OC. The van der Waals surface area contributed by atoms with Gasteiger partial charge in [-0.2, -0.15) is 0 Å². The summed E-state index contributed by atoms with van der Waals surface area (Å²) < 4.78 is 11.4. The number of rotatable bonds is 5. The Kier molecular flexibility index (Phi) is 4.32. The fraction of sp³-hybridized carbons (Fsp3) is 0.286. The number of methoxy groups -OCH3 is 2. The molecule has 0 bridgehead atoms. The van der Waals surface area contributed by atoms with Gasteiger partial charge in [-0.05, 0) is 31.2 Å². The lowest BCUT2D eigenvalue weighted by molar-refractivity contribution is 0.0603. The monoisotopic (exact) mass is 290 g/mol. The van der Waals surface area contributed by atoms with E-state index in [9.17, 15) is 4.79 Å². The topological polar surface area (TPSA) is 91.4 Å². The number of benzene rings is 1. The maximum absolute atomic E-state index is 11.9. The van der Waals surface area contributed by atoms with Crippen molar-refractivity contribution in [1.29, 1.82) is 0 Å². The summed E-state index contributed by atoms with van der Waals surface area (Å²) in [7, 11) is 2.90. The van der Waals surface area contributed by atoms with Gasteiger partial charge in [0.2, 0.25) is 0 Å². The molecule has 0 fully saturated rings. The number of ether oxygens (including phenoxy) is 2. The average molecular weight is 290 g/mol. The molecule has 7 nitrogen and oxygen atoms in total. The van der Waals surface area contributed by atoms with Crippen LogP contribution in [0.3, 0.4) is 0 Å². The number of nitrogens with one attached hydrogen (secondary N) is 1. The van der Waals surface area contributed by atoms with E-state index in [4.69, 9.17) is 15.2 Å². The van der Waals surface area contributed by atoms with Crippen LogP contribution in [-0.4, -0.2) is 36.5 Å². The number of anilines is 2. The second-order valence-electron chi connectivity index (χ2n) is 4.24. The highest BCUT2D eigenvalue weighted by atomic mass is 16.5. The van der Waals surface area contributed by atoms with Crippen LogP contribution in [0, 0.1) is 0 Å². The molecule has 0 aliphatic carbocycles. The zero-order valence-electron chi connectivity index (χ0n) is 12.2. The summed E-state index contributed by atoms with van der Waals surface area (Å²) in [5, 5.41) is 7.34. The Balaban J connectivity index is 2.50. The predicted molar refractivity (Wildman–Crippen MR) is 80.0 cm³/mol. The van der Waals surface area contributed by atoms with Gasteiger partial charge in [0.15, 0.2) is 5.82 Å². The Morgan fingerprint density at radius 3 is 2.52 bits per heavy atom. The molecule has 0 saturated heterocycles. The quantitative estimate of drug-likeness (QED) is 0.814. The Morgan fingerprint density at radius 2 is 2.00 bits per heavy atom. The number of esters is 1. The van der Waals surface area contributed by atoms with Crippen LogP contribution in [0.5, 0.6) is 5.75 Å². The molecule has 7 heteroatoms. The maximum atomic E-state index is 11.9. The lowest BCUT2D eigenvalue weighted by Crippen LogP contribution is -2.09. The van der Waals surface area contributed by atoms with Crippen LogP contribution >= 0.6 is 0 Å². The van der Waals surface area contributed by atoms with Gasteiger partial charge in [-0.3, -0.25) is 0 Å². The number of carbonyl (C=O) groups is 1. The average Bonchev–Trinajstić information content (AvgIpc) is 2.83. The second-order valence-corrected chi connectivity index (χ2v) is 4.24. The summed E-state index contributed by atoms with van der Waals surface area (Å²) in [6.45, 7) is 2.52. The summed E-state index contributed by atoms with van der Waals surface area (Å²) in [6, 6.07) is 7.19. The lowest BCUT2D eigenvalue weighted by atomic mass is 10.2. The van der Waals surface area contributed by atoms with E-state index in [1.807, 2.05) is 6.92 Å². The van der Waals surface area contributed by atoms with Crippen molar-refractivity contribution in [2.24, 2.45) is 0 Å². The minimum Gasteiger partial charge on any atom is -0.497 e. The van der Waals surface area contributed by atoms with E-state index >= 15 is 0 Å². The minimum atomic E-state index is -0.525. The van der Waals surface area contributed by atoms with E-state index in [0.717, 1.165) is 11.4 Å². The zero-order valence-corrected chi connectivity index (χ0v) is 12.2. The van der Waals surface area contributed by atoms with Crippen molar-refractivity contribution in [2.45, 2.75) is 6.92 Å². The summed E-state index contributed by atoms with van der Waals surface area (Å²) >= 11 is 0. The molecule has 0 aliphatic rings. The van der Waals surface area contributed by atoms with Crippen molar-refractivity contribution in [1.82, 2.24) is 9.78 Å². The molecular formula is C14H18N4O3. The molecule has 0 radical (unpaired) electrons. The number of hydrogen-bond acceptors (Lipinski definition) is 6. The highest BCUT2D eigenvalue weighted by Crippen LogP contribution is 2.26. The molecule has 0 aliphatic heterocycles. The Labute approximate surface area is 122 Å². The van der Waals surface area contributed by atoms with Gasteiger partial charge in [-0.1, -0.05) is 0 Å². The van der Waals surface area contributed by atoms with Crippen LogP contribution in [0.1, 0.15) is 17.3 Å². The van der Waals surface area contributed by atoms with E-state index in [0.29, 0.717) is 12.4 Å². The predicted octanol–water partition coefficient (Wildman–Crippen LogP) is 1.68. The van der Waals surface area contributed by atoms with E-state index < -0.39 is 5.97 Å². The number of nitrogen functional groups attached to an aromatic ring is 1. The summed E-state index contributed by atoms with van der Waals surface area (Å²) in [4.78, 5) is 11.9. The summed E-state index contributed by atoms with van der Waals surface area (Å²) in [5.41, 5.74) is 7.00. The molecule has 1 heterocycles. The molecule has 1 aromatic heterocycles. The molecule has 0 spiro atoms. The number of aromatic nitrogens is 2. The van der Waals surface area contributed by atoms with Gasteiger partial charge in [0.1, 0.15) is 17.1 Å². The molecule has 0 atom stereocenters. The van der Waals surface area contributed by atoms with Crippen molar-refractivity contribution < 1.29 is 14.3 Å². The van der Waals surface area contributed by atoms with Gasteiger partial charge in [0.25, 0.3) is 0 Å². The molecular weight excluding hydrogens is 272 g/mol.